The molecule has 1 amide bonds. The highest BCUT2D eigenvalue weighted by molar-refractivity contribution is 6.30. The Bertz CT molecular complexity index is 1320. The van der Waals surface area contributed by atoms with Gasteiger partial charge in [0.15, 0.2) is 0 Å². The van der Waals surface area contributed by atoms with Gasteiger partial charge in [-0.3, -0.25) is 9.69 Å². The number of likely N-dealkylation sites (tertiary alicyclic amines) is 2. The second-order valence-electron chi connectivity index (χ2n) is 11.4. The highest BCUT2D eigenvalue weighted by atomic mass is 35.5. The van der Waals surface area contributed by atoms with Crippen LogP contribution in [0, 0.1) is 0 Å². The van der Waals surface area contributed by atoms with Crippen molar-refractivity contribution in [1.29, 1.82) is 0 Å². The number of piperidine rings is 2. The van der Waals surface area contributed by atoms with Gasteiger partial charge in [-0.25, -0.2) is 0 Å². The summed E-state index contributed by atoms with van der Waals surface area (Å²) in [6, 6.07) is 22.6. The number of nitrogens with one attached hydrogen (secondary N) is 1. The predicted molar refractivity (Wildman–Crippen MR) is 162 cm³/mol. The number of carbonyl (C=O) groups excluding carboxylic acids is 1. The number of hydrogen-bond donors (Lipinski definition) is 1. The summed E-state index contributed by atoms with van der Waals surface area (Å²) in [6.45, 7) is 6.15. The van der Waals surface area contributed by atoms with Crippen LogP contribution in [0.4, 0.5) is 5.69 Å². The molecule has 4 nitrogen and oxygen atoms in total. The molecule has 39 heavy (non-hydrogen) atoms. The molecule has 6 rings (SSSR count). The molecule has 1 aliphatic carbocycles. The molecule has 2 heterocycles. The summed E-state index contributed by atoms with van der Waals surface area (Å²) in [6.07, 6.45) is 11.3. The van der Waals surface area contributed by atoms with Gasteiger partial charge in [-0.1, -0.05) is 60.0 Å². The number of hydrogen-bond acceptors (Lipinski definition) is 3. The van der Waals surface area contributed by atoms with Gasteiger partial charge in [0.1, 0.15) is 0 Å². The first-order valence-electron chi connectivity index (χ1n) is 14.6. The minimum atomic E-state index is -0.0856. The average molecular weight is 540 g/mol. The summed E-state index contributed by atoms with van der Waals surface area (Å²) < 4.78 is 0. The third-order valence-corrected chi connectivity index (χ3v) is 8.94. The van der Waals surface area contributed by atoms with Crippen LogP contribution in [-0.2, 0) is 6.42 Å². The van der Waals surface area contributed by atoms with Crippen molar-refractivity contribution in [3.8, 4) is 11.1 Å². The molecular formula is C34H38ClN3O. The minimum absolute atomic E-state index is 0.0856. The molecule has 1 N–H and O–H groups in total. The maximum atomic E-state index is 12.9. The fourth-order valence-electron chi connectivity index (χ4n) is 6.43. The Balaban J connectivity index is 1.03. The molecule has 0 radical (unpaired) electrons. The van der Waals surface area contributed by atoms with Crippen molar-refractivity contribution in [2.75, 3.05) is 38.0 Å². The Morgan fingerprint density at radius 3 is 2.23 bits per heavy atom. The van der Waals surface area contributed by atoms with Crippen molar-refractivity contribution < 1.29 is 4.79 Å². The number of carbonyl (C=O) groups is 1. The normalized spacial score (nSPS) is 18.8. The number of aryl methyl sites for hydroxylation is 1. The second kappa shape index (κ2) is 12.1. The van der Waals surface area contributed by atoms with Crippen LogP contribution in [0.15, 0.2) is 72.3 Å². The second-order valence-corrected chi connectivity index (χ2v) is 11.8. The predicted octanol–water partition coefficient (Wildman–Crippen LogP) is 7.54. The zero-order chi connectivity index (χ0) is 26.6. The van der Waals surface area contributed by atoms with E-state index in [-0.39, 0.29) is 5.91 Å². The van der Waals surface area contributed by atoms with Gasteiger partial charge >= 0.3 is 0 Å². The fraction of sp³-hybridized carbons (Fsp3) is 0.382. The smallest absolute Gasteiger partial charge is 0.255 e. The fourth-order valence-corrected chi connectivity index (χ4v) is 6.55. The molecule has 3 aromatic carbocycles. The largest absolute Gasteiger partial charge is 0.322 e. The van der Waals surface area contributed by atoms with Gasteiger partial charge in [-0.15, -0.1) is 0 Å². The molecule has 202 valence electrons. The molecule has 2 fully saturated rings. The first-order valence-corrected chi connectivity index (χ1v) is 14.9. The molecule has 0 bridgehead atoms. The number of benzene rings is 3. The van der Waals surface area contributed by atoms with Crippen molar-refractivity contribution in [1.82, 2.24) is 9.80 Å². The maximum Gasteiger partial charge on any atom is 0.255 e. The third kappa shape index (κ3) is 6.46. The number of fused-ring (bicyclic) bond motifs is 1. The minimum Gasteiger partial charge on any atom is -0.322 e. The number of rotatable bonds is 6. The van der Waals surface area contributed by atoms with E-state index in [4.69, 9.17) is 11.6 Å². The van der Waals surface area contributed by atoms with Gasteiger partial charge in [-0.2, -0.15) is 0 Å². The van der Waals surface area contributed by atoms with Gasteiger partial charge in [0, 0.05) is 28.9 Å². The quantitative estimate of drug-likeness (QED) is 0.351. The molecule has 0 saturated carbocycles. The summed E-state index contributed by atoms with van der Waals surface area (Å²) >= 11 is 6.00. The lowest BCUT2D eigenvalue weighted by Gasteiger charge is -2.40. The van der Waals surface area contributed by atoms with Gasteiger partial charge in [-0.05, 0) is 123 Å². The molecule has 2 aliphatic heterocycles. The summed E-state index contributed by atoms with van der Waals surface area (Å²) in [4.78, 5) is 18.3. The Morgan fingerprint density at radius 1 is 0.821 bits per heavy atom. The van der Waals surface area contributed by atoms with Gasteiger partial charge < -0.3 is 10.2 Å². The Kier molecular flexibility index (Phi) is 8.15. The van der Waals surface area contributed by atoms with Crippen LogP contribution < -0.4 is 5.32 Å². The van der Waals surface area contributed by atoms with Crippen LogP contribution in [0.2, 0.25) is 5.02 Å². The lowest BCUT2D eigenvalue weighted by atomic mass is 9.91. The highest BCUT2D eigenvalue weighted by Crippen LogP contribution is 2.29. The summed E-state index contributed by atoms with van der Waals surface area (Å²) in [5, 5.41) is 3.81. The van der Waals surface area contributed by atoms with Crippen LogP contribution in [0.5, 0.6) is 0 Å². The number of anilines is 1. The zero-order valence-corrected chi connectivity index (χ0v) is 23.4. The molecule has 2 saturated heterocycles. The summed E-state index contributed by atoms with van der Waals surface area (Å²) in [5.41, 5.74) is 7.80. The van der Waals surface area contributed by atoms with E-state index < -0.39 is 0 Å². The van der Waals surface area contributed by atoms with Crippen LogP contribution in [0.1, 0.15) is 60.0 Å². The Morgan fingerprint density at radius 2 is 1.51 bits per heavy atom. The first-order chi connectivity index (χ1) is 19.1. The highest BCUT2D eigenvalue weighted by Gasteiger charge is 2.26. The molecule has 3 aromatic rings. The molecule has 5 heteroatoms. The van der Waals surface area contributed by atoms with Crippen molar-refractivity contribution in [3.63, 3.8) is 0 Å². The first kappa shape index (κ1) is 26.3. The molecule has 3 aliphatic rings. The molecular weight excluding hydrogens is 502 g/mol. The van der Waals surface area contributed by atoms with E-state index >= 15 is 0 Å². The van der Waals surface area contributed by atoms with E-state index in [0.29, 0.717) is 5.56 Å². The van der Waals surface area contributed by atoms with E-state index in [0.717, 1.165) is 47.3 Å². The maximum absolute atomic E-state index is 12.9. The van der Waals surface area contributed by atoms with Crippen LogP contribution in [-0.4, -0.2) is 54.5 Å². The topological polar surface area (TPSA) is 35.6 Å². The SMILES string of the molecule is O=C(Nc1ccc2c(c1)CCC(CN1CCC(N3CCCCC3)CC1)=C2)c1ccc(-c2ccc(Cl)cc2)cc1. The van der Waals surface area contributed by atoms with E-state index in [1.165, 1.54) is 75.0 Å². The van der Waals surface area contributed by atoms with Crippen LogP contribution in [0.3, 0.4) is 0 Å². The molecule has 0 aromatic heterocycles. The zero-order valence-electron chi connectivity index (χ0n) is 22.7. The van der Waals surface area contributed by atoms with Crippen LogP contribution >= 0.6 is 11.6 Å². The van der Waals surface area contributed by atoms with Crippen molar-refractivity contribution in [3.05, 3.63) is 94.0 Å². The van der Waals surface area contributed by atoms with E-state index in [9.17, 15) is 4.79 Å². The molecule has 0 spiro atoms. The van der Waals surface area contributed by atoms with Gasteiger partial charge in [0.2, 0.25) is 0 Å². The monoisotopic (exact) mass is 539 g/mol. The number of amides is 1. The van der Waals surface area contributed by atoms with Crippen LogP contribution in [0.25, 0.3) is 17.2 Å². The van der Waals surface area contributed by atoms with E-state index in [2.05, 4.69) is 33.3 Å². The number of halogens is 1. The van der Waals surface area contributed by atoms with Crippen molar-refractivity contribution >= 4 is 29.3 Å². The van der Waals surface area contributed by atoms with Crippen molar-refractivity contribution in [2.24, 2.45) is 0 Å². The number of nitrogens with zero attached hydrogens (tertiary/aromatic N) is 2. The third-order valence-electron chi connectivity index (χ3n) is 8.69. The average Bonchev–Trinajstić information content (AvgIpc) is 2.98. The van der Waals surface area contributed by atoms with Gasteiger partial charge in [0.05, 0.1) is 0 Å². The van der Waals surface area contributed by atoms with Crippen molar-refractivity contribution in [2.45, 2.75) is 51.0 Å². The molecule has 0 atom stereocenters. The summed E-state index contributed by atoms with van der Waals surface area (Å²) in [7, 11) is 0. The standard InChI is InChI=1S/C34H38ClN3O/c35-31-13-10-27(11-14-31)26-6-8-28(9-7-26)34(39)36-32-15-12-29-22-25(4-5-30(29)23-32)24-37-20-16-33(17-21-37)38-18-2-1-3-19-38/h6-15,22-23,33H,1-5,16-21,24H2,(H,36,39). The Hall–Kier alpha value is -2.92. The van der Waals surface area contributed by atoms with E-state index in [1.807, 2.05) is 54.6 Å². The van der Waals surface area contributed by atoms with E-state index in [1.54, 1.807) is 0 Å². The Labute approximate surface area is 237 Å². The lowest BCUT2D eigenvalue weighted by Crippen LogP contribution is -2.47. The van der Waals surface area contributed by atoms with Gasteiger partial charge in [0.25, 0.3) is 5.91 Å². The summed E-state index contributed by atoms with van der Waals surface area (Å²) in [5.74, 6) is -0.0856. The lowest BCUT2D eigenvalue weighted by molar-refractivity contribution is 0.0962. The molecule has 0 unspecified atom stereocenters.